The van der Waals surface area contributed by atoms with Gasteiger partial charge in [0.05, 0.1) is 19.2 Å². The number of fused-ring (bicyclic) bond motifs is 1. The lowest BCUT2D eigenvalue weighted by Gasteiger charge is -2.29. The summed E-state index contributed by atoms with van der Waals surface area (Å²) >= 11 is 0. The number of methoxy groups -OCH3 is 1. The van der Waals surface area contributed by atoms with Crippen molar-refractivity contribution in [3.63, 3.8) is 0 Å². The lowest BCUT2D eigenvalue weighted by molar-refractivity contribution is -0.117. The molecule has 0 spiro atoms. The number of anilines is 3. The van der Waals surface area contributed by atoms with Crippen molar-refractivity contribution in [1.29, 1.82) is 0 Å². The van der Waals surface area contributed by atoms with Crippen LogP contribution in [0.1, 0.15) is 22.3 Å². The maximum Gasteiger partial charge on any atom is 0.257 e. The molecule has 2 amide bonds. The Morgan fingerprint density at radius 1 is 0.968 bits per heavy atom. The summed E-state index contributed by atoms with van der Waals surface area (Å²) in [7, 11) is 1.60. The number of hydrogen-bond acceptors (Lipinski definition) is 4. The van der Waals surface area contributed by atoms with Gasteiger partial charge in [0.25, 0.3) is 5.91 Å². The average molecular weight is 415 g/mol. The lowest BCUT2D eigenvalue weighted by atomic mass is 10.0. The number of hydrogen-bond donors (Lipinski definition) is 2. The second kappa shape index (κ2) is 9.34. The molecule has 4 rings (SSSR count). The minimum Gasteiger partial charge on any atom is -0.497 e. The molecule has 0 bridgehead atoms. The average Bonchev–Trinajstić information content (AvgIpc) is 2.82. The van der Waals surface area contributed by atoms with Crippen molar-refractivity contribution < 1.29 is 14.3 Å². The quantitative estimate of drug-likeness (QED) is 0.628. The zero-order valence-electron chi connectivity index (χ0n) is 17.4. The highest BCUT2D eigenvalue weighted by Gasteiger charge is 2.22. The molecule has 0 radical (unpaired) electrons. The highest BCUT2D eigenvalue weighted by atomic mass is 16.5. The first-order valence-electron chi connectivity index (χ1n) is 10.3. The van der Waals surface area contributed by atoms with Crippen LogP contribution in [0, 0.1) is 0 Å². The molecule has 0 atom stereocenters. The van der Waals surface area contributed by atoms with Crippen molar-refractivity contribution in [3.05, 3.63) is 83.9 Å². The minimum absolute atomic E-state index is 0.0162. The van der Waals surface area contributed by atoms with Gasteiger partial charge in [-0.3, -0.25) is 9.59 Å². The van der Waals surface area contributed by atoms with Gasteiger partial charge in [0.2, 0.25) is 5.91 Å². The van der Waals surface area contributed by atoms with Crippen LogP contribution in [0.15, 0.2) is 72.8 Å². The van der Waals surface area contributed by atoms with Gasteiger partial charge in [-0.05, 0) is 60.9 Å². The summed E-state index contributed by atoms with van der Waals surface area (Å²) in [5.41, 5.74) is 3.94. The molecule has 0 unspecified atom stereocenters. The molecule has 1 aliphatic heterocycles. The number of nitrogens with one attached hydrogen (secondary N) is 2. The Hall–Kier alpha value is -3.80. The van der Waals surface area contributed by atoms with E-state index in [2.05, 4.69) is 16.7 Å². The first-order valence-corrected chi connectivity index (χ1v) is 10.3. The number of ether oxygens (including phenoxy) is 1. The van der Waals surface area contributed by atoms with Gasteiger partial charge in [0.1, 0.15) is 5.75 Å². The zero-order valence-corrected chi connectivity index (χ0v) is 17.4. The minimum atomic E-state index is -0.246. The van der Waals surface area contributed by atoms with Gasteiger partial charge in [-0.1, -0.05) is 30.3 Å². The van der Waals surface area contributed by atoms with E-state index in [1.165, 1.54) is 5.56 Å². The monoisotopic (exact) mass is 415 g/mol. The molecule has 0 aliphatic carbocycles. The lowest BCUT2D eigenvalue weighted by Crippen LogP contribution is -2.39. The fraction of sp³-hybridized carbons (Fsp3) is 0.200. The standard InChI is InChI=1S/C25H25N3O3/c1-31-20-14-12-19(13-15-20)27-25(30)21-9-3-4-10-22(21)26-17-24(29)28-16-6-8-18-7-2-5-11-23(18)28/h2-5,7,9-15,26H,6,8,16-17H2,1H3,(H,27,30). The van der Waals surface area contributed by atoms with Gasteiger partial charge >= 0.3 is 0 Å². The van der Waals surface area contributed by atoms with Crippen LogP contribution < -0.4 is 20.3 Å². The van der Waals surface area contributed by atoms with Crippen molar-refractivity contribution in [1.82, 2.24) is 0 Å². The SMILES string of the molecule is COc1ccc(NC(=O)c2ccccc2NCC(=O)N2CCCc3ccccc32)cc1. The molecule has 0 saturated carbocycles. The van der Waals surface area contributed by atoms with Gasteiger partial charge in [0, 0.05) is 23.6 Å². The maximum absolute atomic E-state index is 12.9. The molecule has 0 saturated heterocycles. The van der Waals surface area contributed by atoms with Crippen LogP contribution in [0.4, 0.5) is 17.1 Å². The largest absolute Gasteiger partial charge is 0.497 e. The first-order chi connectivity index (χ1) is 15.2. The molecule has 1 aliphatic rings. The van der Waals surface area contributed by atoms with Crippen LogP contribution in [-0.4, -0.2) is 32.0 Å². The van der Waals surface area contributed by atoms with Gasteiger partial charge in [-0.2, -0.15) is 0 Å². The number of aryl methyl sites for hydroxylation is 1. The third-order valence-electron chi connectivity index (χ3n) is 5.36. The predicted molar refractivity (Wildman–Crippen MR) is 123 cm³/mol. The molecule has 0 aromatic heterocycles. The molecule has 6 nitrogen and oxygen atoms in total. The number of nitrogens with zero attached hydrogens (tertiary/aromatic N) is 1. The maximum atomic E-state index is 12.9. The zero-order chi connectivity index (χ0) is 21.6. The van der Waals surface area contributed by atoms with Gasteiger partial charge in [-0.25, -0.2) is 0 Å². The van der Waals surface area contributed by atoms with Crippen LogP contribution in [0.3, 0.4) is 0 Å². The van der Waals surface area contributed by atoms with E-state index < -0.39 is 0 Å². The first kappa shape index (κ1) is 20.5. The summed E-state index contributed by atoms with van der Waals surface area (Å²) in [5, 5.41) is 6.04. The number of rotatable bonds is 6. The van der Waals surface area contributed by atoms with Crippen molar-refractivity contribution in [2.75, 3.05) is 35.7 Å². The van der Waals surface area contributed by atoms with Gasteiger partial charge < -0.3 is 20.3 Å². The molecule has 31 heavy (non-hydrogen) atoms. The molecule has 0 fully saturated rings. The van der Waals surface area contributed by atoms with Crippen molar-refractivity contribution in [2.24, 2.45) is 0 Å². The van der Waals surface area contributed by atoms with E-state index in [0.717, 1.165) is 24.3 Å². The highest BCUT2D eigenvalue weighted by Crippen LogP contribution is 2.27. The normalized spacial score (nSPS) is 12.6. The molecule has 1 heterocycles. The second-order valence-electron chi connectivity index (χ2n) is 7.36. The molecule has 158 valence electrons. The van der Waals surface area contributed by atoms with E-state index in [0.29, 0.717) is 23.5 Å². The number of carbonyl (C=O) groups is 2. The summed E-state index contributed by atoms with van der Waals surface area (Å²) in [6, 6.07) is 22.3. The van der Waals surface area contributed by atoms with E-state index >= 15 is 0 Å². The van der Waals surface area contributed by atoms with Gasteiger partial charge in [-0.15, -0.1) is 0 Å². The summed E-state index contributed by atoms with van der Waals surface area (Å²) in [6.07, 6.45) is 1.94. The van der Waals surface area contributed by atoms with E-state index in [-0.39, 0.29) is 18.4 Å². The third-order valence-corrected chi connectivity index (χ3v) is 5.36. The smallest absolute Gasteiger partial charge is 0.257 e. The number of para-hydroxylation sites is 2. The number of benzene rings is 3. The van der Waals surface area contributed by atoms with Crippen LogP contribution in [0.2, 0.25) is 0 Å². The molecule has 3 aromatic rings. The van der Waals surface area contributed by atoms with Crippen molar-refractivity contribution in [2.45, 2.75) is 12.8 Å². The Morgan fingerprint density at radius 3 is 2.52 bits per heavy atom. The molecule has 6 heteroatoms. The van der Waals surface area contributed by atoms with Crippen LogP contribution >= 0.6 is 0 Å². The fourth-order valence-electron chi connectivity index (χ4n) is 3.77. The fourth-order valence-corrected chi connectivity index (χ4v) is 3.77. The summed E-state index contributed by atoms with van der Waals surface area (Å²) in [4.78, 5) is 27.6. The summed E-state index contributed by atoms with van der Waals surface area (Å²) < 4.78 is 5.15. The Bertz CT molecular complexity index is 1080. The Balaban J connectivity index is 1.44. The van der Waals surface area contributed by atoms with Crippen LogP contribution in [0.25, 0.3) is 0 Å². The van der Waals surface area contributed by atoms with Crippen LogP contribution in [-0.2, 0) is 11.2 Å². The molecule has 2 N–H and O–H groups in total. The molecular weight excluding hydrogens is 390 g/mol. The van der Waals surface area contributed by atoms with E-state index in [1.807, 2.05) is 29.2 Å². The molecule has 3 aromatic carbocycles. The highest BCUT2D eigenvalue weighted by molar-refractivity contribution is 6.08. The Morgan fingerprint density at radius 2 is 1.71 bits per heavy atom. The van der Waals surface area contributed by atoms with Crippen molar-refractivity contribution >= 4 is 28.9 Å². The number of amides is 2. The molecular formula is C25H25N3O3. The van der Waals surface area contributed by atoms with E-state index in [4.69, 9.17) is 4.74 Å². The Kier molecular flexibility index (Phi) is 6.17. The van der Waals surface area contributed by atoms with E-state index in [9.17, 15) is 9.59 Å². The Labute approximate surface area is 181 Å². The number of carbonyl (C=O) groups excluding carboxylic acids is 2. The topological polar surface area (TPSA) is 70.7 Å². The third kappa shape index (κ3) is 4.69. The van der Waals surface area contributed by atoms with Crippen LogP contribution in [0.5, 0.6) is 5.75 Å². The summed E-state index contributed by atoms with van der Waals surface area (Å²) in [5.74, 6) is 0.458. The summed E-state index contributed by atoms with van der Waals surface area (Å²) in [6.45, 7) is 0.818. The van der Waals surface area contributed by atoms with E-state index in [1.54, 1.807) is 49.6 Å². The second-order valence-corrected chi connectivity index (χ2v) is 7.36. The van der Waals surface area contributed by atoms with Crippen molar-refractivity contribution in [3.8, 4) is 5.75 Å². The van der Waals surface area contributed by atoms with Gasteiger partial charge in [0.15, 0.2) is 0 Å². The predicted octanol–water partition coefficient (Wildman–Crippen LogP) is 4.34.